The van der Waals surface area contributed by atoms with Gasteiger partial charge in [0.25, 0.3) is 0 Å². The van der Waals surface area contributed by atoms with E-state index in [0.29, 0.717) is 23.8 Å². The average molecular weight is 257 g/mol. The molecule has 0 aliphatic rings. The van der Waals surface area contributed by atoms with Crippen molar-refractivity contribution < 1.29 is 19.3 Å². The number of rotatable bonds is 5. The molecule has 0 saturated heterocycles. The van der Waals surface area contributed by atoms with Crippen molar-refractivity contribution in [3.63, 3.8) is 0 Å². The Morgan fingerprint density at radius 3 is 1.78 bits per heavy atom. The molecule has 1 aromatic carbocycles. The fourth-order valence-electron chi connectivity index (χ4n) is 1.45. The minimum atomic E-state index is 0.250. The van der Waals surface area contributed by atoms with E-state index < -0.39 is 0 Å². The lowest BCUT2D eigenvalue weighted by molar-refractivity contribution is 0.318. The third kappa shape index (κ3) is 4.81. The maximum Gasteiger partial charge on any atom is 0.203 e. The Kier molecular flexibility index (Phi) is 8.78. The number of aliphatic hydroxyl groups excluding tert-OH is 1. The van der Waals surface area contributed by atoms with Crippen molar-refractivity contribution in [3.05, 3.63) is 17.7 Å². The van der Waals surface area contributed by atoms with E-state index >= 15 is 0 Å². The molecule has 0 aliphatic carbocycles. The van der Waals surface area contributed by atoms with Gasteiger partial charge in [-0.25, -0.2) is 0 Å². The lowest BCUT2D eigenvalue weighted by atomic mass is 10.1. The fourth-order valence-corrected chi connectivity index (χ4v) is 1.45. The highest BCUT2D eigenvalue weighted by atomic mass is 16.5. The second-order valence-corrected chi connectivity index (χ2v) is 3.39. The van der Waals surface area contributed by atoms with Gasteiger partial charge in [0.05, 0.1) is 21.3 Å². The summed E-state index contributed by atoms with van der Waals surface area (Å²) in [7, 11) is 4.79. The van der Waals surface area contributed by atoms with Gasteiger partial charge in [0.1, 0.15) is 0 Å². The number of ether oxygens (including phenoxy) is 3. The van der Waals surface area contributed by atoms with Gasteiger partial charge in [0.2, 0.25) is 5.75 Å². The minimum Gasteiger partial charge on any atom is -0.493 e. The molecular formula is C13H23NO4. The summed E-state index contributed by atoms with van der Waals surface area (Å²) < 4.78 is 15.6. The highest BCUT2D eigenvalue weighted by Crippen LogP contribution is 2.38. The van der Waals surface area contributed by atoms with Gasteiger partial charge in [-0.05, 0) is 37.6 Å². The van der Waals surface area contributed by atoms with E-state index in [1.807, 2.05) is 12.1 Å². The van der Waals surface area contributed by atoms with E-state index in [2.05, 4.69) is 0 Å². The molecule has 0 fully saturated rings. The van der Waals surface area contributed by atoms with E-state index in [9.17, 15) is 0 Å². The molecule has 0 aromatic heterocycles. The van der Waals surface area contributed by atoms with Crippen LogP contribution in [0.15, 0.2) is 12.1 Å². The molecule has 3 N–H and O–H groups in total. The summed E-state index contributed by atoms with van der Waals surface area (Å²) >= 11 is 0. The first-order chi connectivity index (χ1) is 8.68. The van der Waals surface area contributed by atoms with Gasteiger partial charge in [0.15, 0.2) is 11.5 Å². The van der Waals surface area contributed by atoms with Crippen molar-refractivity contribution in [2.75, 3.05) is 34.5 Å². The van der Waals surface area contributed by atoms with Crippen LogP contribution in [0.5, 0.6) is 17.2 Å². The van der Waals surface area contributed by atoms with Crippen molar-refractivity contribution in [1.29, 1.82) is 0 Å². The largest absolute Gasteiger partial charge is 0.493 e. The quantitative estimate of drug-likeness (QED) is 0.829. The monoisotopic (exact) mass is 257 g/mol. The zero-order valence-corrected chi connectivity index (χ0v) is 11.5. The Morgan fingerprint density at radius 2 is 1.50 bits per heavy atom. The smallest absolute Gasteiger partial charge is 0.203 e. The predicted molar refractivity (Wildman–Crippen MR) is 71.6 cm³/mol. The third-order valence-electron chi connectivity index (χ3n) is 2.16. The van der Waals surface area contributed by atoms with Crippen molar-refractivity contribution in [1.82, 2.24) is 0 Å². The van der Waals surface area contributed by atoms with Crippen LogP contribution in [0.25, 0.3) is 0 Å². The maximum absolute atomic E-state index is 7.57. The Labute approximate surface area is 108 Å². The van der Waals surface area contributed by atoms with Crippen LogP contribution in [0.1, 0.15) is 12.5 Å². The predicted octanol–water partition coefficient (Wildman–Crippen LogP) is 1.21. The van der Waals surface area contributed by atoms with E-state index in [1.54, 1.807) is 28.3 Å². The summed E-state index contributed by atoms with van der Waals surface area (Å²) in [6, 6.07) is 3.82. The molecule has 0 amide bonds. The van der Waals surface area contributed by atoms with E-state index in [4.69, 9.17) is 25.1 Å². The lowest BCUT2D eigenvalue weighted by Gasteiger charge is -2.13. The Bertz CT molecular complexity index is 317. The molecule has 5 nitrogen and oxygen atoms in total. The van der Waals surface area contributed by atoms with Crippen molar-refractivity contribution >= 4 is 0 Å². The molecule has 0 radical (unpaired) electrons. The average Bonchev–Trinajstić information content (AvgIpc) is 2.38. The van der Waals surface area contributed by atoms with Crippen LogP contribution in [-0.4, -0.2) is 39.6 Å². The van der Waals surface area contributed by atoms with Crippen molar-refractivity contribution in [2.45, 2.75) is 13.3 Å². The second-order valence-electron chi connectivity index (χ2n) is 3.39. The van der Waals surface area contributed by atoms with Crippen LogP contribution in [0.4, 0.5) is 0 Å². The molecule has 0 heterocycles. The summed E-state index contributed by atoms with van der Waals surface area (Å²) in [5, 5.41) is 7.57. The molecule has 18 heavy (non-hydrogen) atoms. The molecule has 104 valence electrons. The molecule has 5 heteroatoms. The number of benzene rings is 1. The Morgan fingerprint density at radius 1 is 1.06 bits per heavy atom. The number of hydrogen-bond acceptors (Lipinski definition) is 5. The molecule has 0 unspecified atom stereocenters. The van der Waals surface area contributed by atoms with E-state index in [-0.39, 0.29) is 6.61 Å². The first kappa shape index (κ1) is 16.5. The summed E-state index contributed by atoms with van der Waals surface area (Å²) in [5.41, 5.74) is 6.58. The van der Waals surface area contributed by atoms with Crippen LogP contribution < -0.4 is 19.9 Å². The molecule has 0 atom stereocenters. The SMILES string of the molecule is CCO.COc1cc(CCN)cc(OC)c1OC. The molecular weight excluding hydrogens is 234 g/mol. The number of nitrogens with two attached hydrogens (primary N) is 1. The lowest BCUT2D eigenvalue weighted by Crippen LogP contribution is -2.04. The molecule has 1 rings (SSSR count). The first-order valence-electron chi connectivity index (χ1n) is 5.78. The van der Waals surface area contributed by atoms with Gasteiger partial charge in [-0.1, -0.05) is 0 Å². The molecule has 0 aliphatic heterocycles. The highest BCUT2D eigenvalue weighted by molar-refractivity contribution is 5.53. The number of hydrogen-bond donors (Lipinski definition) is 2. The molecule has 0 bridgehead atoms. The zero-order chi connectivity index (χ0) is 14.0. The van der Waals surface area contributed by atoms with Gasteiger partial charge in [0, 0.05) is 6.61 Å². The second kappa shape index (κ2) is 9.56. The van der Waals surface area contributed by atoms with Crippen molar-refractivity contribution in [3.8, 4) is 17.2 Å². The van der Waals surface area contributed by atoms with E-state index in [0.717, 1.165) is 12.0 Å². The maximum atomic E-state index is 7.57. The standard InChI is InChI=1S/C11H17NO3.C2H6O/c1-13-9-6-8(4-5-12)7-10(14-2)11(9)15-3;1-2-3/h6-7H,4-5,12H2,1-3H3;3H,2H2,1H3. The minimum absolute atomic E-state index is 0.250. The summed E-state index contributed by atoms with van der Waals surface area (Å²) in [6.07, 6.45) is 0.788. The van der Waals surface area contributed by atoms with Gasteiger partial charge in [-0.2, -0.15) is 0 Å². The van der Waals surface area contributed by atoms with Crippen molar-refractivity contribution in [2.24, 2.45) is 5.73 Å². The van der Waals surface area contributed by atoms with Crippen LogP contribution in [0.3, 0.4) is 0 Å². The third-order valence-corrected chi connectivity index (χ3v) is 2.16. The van der Waals surface area contributed by atoms with Gasteiger partial charge in [-0.3, -0.25) is 0 Å². The molecule has 0 saturated carbocycles. The van der Waals surface area contributed by atoms with Gasteiger partial charge >= 0.3 is 0 Å². The van der Waals surface area contributed by atoms with Crippen LogP contribution in [0.2, 0.25) is 0 Å². The molecule has 1 aromatic rings. The van der Waals surface area contributed by atoms with Gasteiger partial charge < -0.3 is 25.1 Å². The van der Waals surface area contributed by atoms with Gasteiger partial charge in [-0.15, -0.1) is 0 Å². The summed E-state index contributed by atoms with van der Waals surface area (Å²) in [6.45, 7) is 2.53. The Hall–Kier alpha value is -1.46. The fraction of sp³-hybridized carbons (Fsp3) is 0.538. The first-order valence-corrected chi connectivity index (χ1v) is 5.78. The topological polar surface area (TPSA) is 73.9 Å². The number of methoxy groups -OCH3 is 3. The molecule has 0 spiro atoms. The normalized spacial score (nSPS) is 9.22. The summed E-state index contributed by atoms with van der Waals surface area (Å²) in [4.78, 5) is 0. The highest BCUT2D eigenvalue weighted by Gasteiger charge is 2.12. The zero-order valence-electron chi connectivity index (χ0n) is 11.5. The van der Waals surface area contributed by atoms with E-state index in [1.165, 1.54) is 0 Å². The Balaban J connectivity index is 0.000000873. The van der Waals surface area contributed by atoms with Crippen LogP contribution >= 0.6 is 0 Å². The van der Waals surface area contributed by atoms with Crippen LogP contribution in [0, 0.1) is 0 Å². The number of aliphatic hydroxyl groups is 1. The summed E-state index contributed by atoms with van der Waals surface area (Å²) in [5.74, 6) is 1.95. The van der Waals surface area contributed by atoms with Crippen LogP contribution in [-0.2, 0) is 6.42 Å².